The van der Waals surface area contributed by atoms with E-state index in [2.05, 4.69) is 11.1 Å². The molecule has 31 heavy (non-hydrogen) atoms. The van der Waals surface area contributed by atoms with Gasteiger partial charge >= 0.3 is 0 Å². The second-order valence-electron chi connectivity index (χ2n) is 8.54. The Bertz CT molecular complexity index is 1190. The summed E-state index contributed by atoms with van der Waals surface area (Å²) < 4.78 is 0. The van der Waals surface area contributed by atoms with Crippen molar-refractivity contribution in [3.8, 4) is 6.07 Å². The van der Waals surface area contributed by atoms with Crippen molar-refractivity contribution in [2.24, 2.45) is 11.1 Å². The number of nitrogens with two attached hydrogens (primary N) is 1. The highest BCUT2D eigenvalue weighted by atomic mass is 16.6. The van der Waals surface area contributed by atoms with Crippen molar-refractivity contribution in [1.29, 1.82) is 5.26 Å². The van der Waals surface area contributed by atoms with E-state index in [0.29, 0.717) is 35.4 Å². The van der Waals surface area contributed by atoms with Crippen LogP contribution in [0.1, 0.15) is 38.2 Å². The van der Waals surface area contributed by atoms with Crippen LogP contribution in [0, 0.1) is 26.9 Å². The molecule has 0 unspecified atom stereocenters. The van der Waals surface area contributed by atoms with Gasteiger partial charge in [-0.2, -0.15) is 5.26 Å². The molecular weight excluding hydrogens is 394 g/mol. The Morgan fingerprint density at radius 3 is 2.71 bits per heavy atom. The number of hydrogen-bond donors (Lipinski definition) is 1. The maximum atomic E-state index is 13.4. The monoisotopic (exact) mass is 415 g/mol. The molecule has 2 aromatic rings. The van der Waals surface area contributed by atoms with Gasteiger partial charge < -0.3 is 5.73 Å². The topological polar surface area (TPSA) is 126 Å². The van der Waals surface area contributed by atoms with E-state index in [0.717, 1.165) is 0 Å². The Labute approximate surface area is 179 Å². The number of Topliss-reactive ketones (excluding diaryl/α,β-unsaturated/α-hetero) is 1. The lowest BCUT2D eigenvalue weighted by atomic mass is 9.68. The molecule has 2 N–H and O–H groups in total. The van der Waals surface area contributed by atoms with Crippen LogP contribution in [0.5, 0.6) is 0 Å². The number of hydrogen-bond acceptors (Lipinski definition) is 7. The summed E-state index contributed by atoms with van der Waals surface area (Å²) in [5, 5.41) is 21.3. The van der Waals surface area contributed by atoms with E-state index in [4.69, 9.17) is 5.73 Å². The Morgan fingerprint density at radius 1 is 1.29 bits per heavy atom. The average molecular weight is 415 g/mol. The van der Waals surface area contributed by atoms with E-state index in [1.54, 1.807) is 35.5 Å². The molecule has 1 aromatic heterocycles. The number of ketones is 1. The largest absolute Gasteiger partial charge is 0.384 e. The molecular formula is C23H21N5O3. The van der Waals surface area contributed by atoms with Crippen LogP contribution >= 0.6 is 0 Å². The van der Waals surface area contributed by atoms with E-state index in [9.17, 15) is 20.2 Å². The van der Waals surface area contributed by atoms with Crippen LogP contribution in [0.4, 0.5) is 11.4 Å². The number of nitro groups is 1. The number of nitro benzene ring substituents is 1. The summed E-state index contributed by atoms with van der Waals surface area (Å²) in [6, 6.07) is 11.8. The zero-order valence-electron chi connectivity index (χ0n) is 17.2. The first-order valence-corrected chi connectivity index (χ1v) is 9.84. The number of carbonyl (C=O) groups is 1. The number of allylic oxidation sites excluding steroid dienone is 3. The molecule has 0 saturated carbocycles. The molecule has 2 aliphatic rings. The standard InChI is InChI=1S/C23H21N5O3/c1-23(2)10-18-21(19(29)11-23)20(14-5-4-8-26-13-14)17(12-24)22(25)27(18)15-6-3-7-16(9-15)28(30)31/h3-9,13,20H,10-11,25H2,1-2H3/t20-/m0/s1. The van der Waals surface area contributed by atoms with E-state index >= 15 is 0 Å². The van der Waals surface area contributed by atoms with E-state index in [1.807, 2.05) is 19.9 Å². The summed E-state index contributed by atoms with van der Waals surface area (Å²) >= 11 is 0. The molecule has 0 spiro atoms. The highest BCUT2D eigenvalue weighted by Crippen LogP contribution is 2.50. The van der Waals surface area contributed by atoms with Crippen molar-refractivity contribution in [3.05, 3.63) is 87.1 Å². The molecule has 156 valence electrons. The van der Waals surface area contributed by atoms with Crippen molar-refractivity contribution in [3.63, 3.8) is 0 Å². The van der Waals surface area contributed by atoms with Crippen molar-refractivity contribution in [2.75, 3.05) is 4.90 Å². The summed E-state index contributed by atoms with van der Waals surface area (Å²) in [6.45, 7) is 4.00. The zero-order valence-corrected chi connectivity index (χ0v) is 17.2. The van der Waals surface area contributed by atoms with Crippen LogP contribution in [0.3, 0.4) is 0 Å². The van der Waals surface area contributed by atoms with Gasteiger partial charge in [-0.15, -0.1) is 0 Å². The minimum absolute atomic E-state index is 0.0595. The smallest absolute Gasteiger partial charge is 0.271 e. The molecule has 1 aliphatic carbocycles. The summed E-state index contributed by atoms with van der Waals surface area (Å²) in [6.07, 6.45) is 4.13. The molecule has 1 aliphatic heterocycles. The fraction of sp³-hybridized carbons (Fsp3) is 0.261. The minimum atomic E-state index is -0.618. The molecule has 8 heteroatoms. The molecule has 1 atom stereocenters. The number of rotatable bonds is 3. The van der Waals surface area contributed by atoms with E-state index < -0.39 is 10.8 Å². The fourth-order valence-corrected chi connectivity index (χ4v) is 4.43. The molecule has 0 bridgehead atoms. The van der Waals surface area contributed by atoms with Crippen molar-refractivity contribution in [2.45, 2.75) is 32.6 Å². The van der Waals surface area contributed by atoms with Crippen LogP contribution in [0.25, 0.3) is 0 Å². The van der Waals surface area contributed by atoms with Crippen LogP contribution < -0.4 is 10.6 Å². The van der Waals surface area contributed by atoms with Crippen LogP contribution in [0.15, 0.2) is 71.5 Å². The number of nitrogens with zero attached hydrogens (tertiary/aromatic N) is 4. The Kier molecular flexibility index (Phi) is 4.82. The average Bonchev–Trinajstić information content (AvgIpc) is 2.72. The number of nitriles is 1. The van der Waals surface area contributed by atoms with Gasteiger partial charge in [0.05, 0.1) is 28.2 Å². The molecule has 0 amide bonds. The first kappa shape index (κ1) is 20.3. The zero-order chi connectivity index (χ0) is 22.3. The first-order valence-electron chi connectivity index (χ1n) is 9.84. The number of aromatic nitrogens is 1. The second kappa shape index (κ2) is 7.36. The molecule has 8 nitrogen and oxygen atoms in total. The predicted molar refractivity (Wildman–Crippen MR) is 114 cm³/mol. The lowest BCUT2D eigenvalue weighted by molar-refractivity contribution is -0.384. The van der Waals surface area contributed by atoms with Crippen molar-refractivity contribution >= 4 is 17.2 Å². The Balaban J connectivity index is 2.00. The van der Waals surface area contributed by atoms with Gasteiger partial charge in [-0.3, -0.25) is 24.8 Å². The third kappa shape index (κ3) is 3.44. The maximum Gasteiger partial charge on any atom is 0.271 e. The predicted octanol–water partition coefficient (Wildman–Crippen LogP) is 3.93. The Morgan fingerprint density at radius 2 is 2.06 bits per heavy atom. The van der Waals surface area contributed by atoms with E-state index in [1.165, 1.54) is 12.1 Å². The molecule has 0 fully saturated rings. The van der Waals surface area contributed by atoms with Crippen LogP contribution in [0.2, 0.25) is 0 Å². The van der Waals surface area contributed by atoms with Crippen molar-refractivity contribution < 1.29 is 9.72 Å². The third-order valence-corrected chi connectivity index (χ3v) is 5.70. The summed E-state index contributed by atoms with van der Waals surface area (Å²) in [5.41, 5.74) is 8.65. The van der Waals surface area contributed by atoms with Gasteiger partial charge in [0.15, 0.2) is 5.78 Å². The SMILES string of the molecule is CC1(C)CC(=O)C2=C(C1)N(c1cccc([N+](=O)[O-])c1)C(N)=C(C#N)[C@@H]2c1cccnc1. The number of anilines is 1. The van der Waals surface area contributed by atoms with Gasteiger partial charge in [0.1, 0.15) is 5.82 Å². The van der Waals surface area contributed by atoms with Gasteiger partial charge in [0.2, 0.25) is 0 Å². The molecule has 0 saturated heterocycles. The lowest BCUT2D eigenvalue weighted by Crippen LogP contribution is -2.42. The normalized spacial score (nSPS) is 20.4. The highest BCUT2D eigenvalue weighted by Gasteiger charge is 2.44. The maximum absolute atomic E-state index is 13.4. The fourth-order valence-electron chi connectivity index (χ4n) is 4.43. The molecule has 4 rings (SSSR count). The van der Waals surface area contributed by atoms with Gasteiger partial charge in [-0.05, 0) is 29.5 Å². The number of pyridine rings is 1. The lowest BCUT2D eigenvalue weighted by Gasteiger charge is -2.43. The molecule has 1 aromatic carbocycles. The number of carbonyl (C=O) groups excluding carboxylic acids is 1. The number of non-ortho nitro benzene ring substituents is 1. The quantitative estimate of drug-likeness (QED) is 0.594. The Hall–Kier alpha value is -3.99. The first-order chi connectivity index (χ1) is 14.7. The summed E-state index contributed by atoms with van der Waals surface area (Å²) in [7, 11) is 0. The molecule has 0 radical (unpaired) electrons. The summed E-state index contributed by atoms with van der Waals surface area (Å²) in [5.74, 6) is -0.510. The third-order valence-electron chi connectivity index (χ3n) is 5.70. The minimum Gasteiger partial charge on any atom is -0.384 e. The highest BCUT2D eigenvalue weighted by molar-refractivity contribution is 6.01. The van der Waals surface area contributed by atoms with Gasteiger partial charge in [0, 0.05) is 42.2 Å². The van der Waals surface area contributed by atoms with Crippen LogP contribution in [-0.4, -0.2) is 15.7 Å². The van der Waals surface area contributed by atoms with Gasteiger partial charge in [-0.1, -0.05) is 26.0 Å². The van der Waals surface area contributed by atoms with Gasteiger partial charge in [0.25, 0.3) is 5.69 Å². The van der Waals surface area contributed by atoms with Crippen molar-refractivity contribution in [1.82, 2.24) is 4.98 Å². The second-order valence-corrected chi connectivity index (χ2v) is 8.54. The van der Waals surface area contributed by atoms with Crippen LogP contribution in [-0.2, 0) is 4.79 Å². The summed E-state index contributed by atoms with van der Waals surface area (Å²) in [4.78, 5) is 30.0. The number of benzene rings is 1. The van der Waals surface area contributed by atoms with Gasteiger partial charge in [-0.25, -0.2) is 0 Å². The molecule has 2 heterocycles. The van der Waals surface area contributed by atoms with E-state index in [-0.39, 0.29) is 28.3 Å².